The number of piperazine rings is 1. The molecule has 172 valence electrons. The van der Waals surface area contributed by atoms with Crippen LogP contribution in [0.2, 0.25) is 0 Å². The summed E-state index contributed by atoms with van der Waals surface area (Å²) in [7, 11) is 1.67. The highest BCUT2D eigenvalue weighted by atomic mass is 79.9. The van der Waals surface area contributed by atoms with Gasteiger partial charge in [0, 0.05) is 54.0 Å². The molecule has 1 aromatic heterocycles. The van der Waals surface area contributed by atoms with Crippen molar-refractivity contribution >= 4 is 33.5 Å². The van der Waals surface area contributed by atoms with E-state index < -0.39 is 0 Å². The van der Waals surface area contributed by atoms with Crippen LogP contribution in [0, 0.1) is 13.8 Å². The molecule has 0 atom stereocenters. The van der Waals surface area contributed by atoms with Gasteiger partial charge in [0.15, 0.2) is 0 Å². The smallest absolute Gasteiger partial charge is 0.321 e. The molecule has 1 aliphatic rings. The number of carbonyl (C=O) groups excluding carboxylic acids is 1. The second kappa shape index (κ2) is 10.2. The third-order valence-electron chi connectivity index (χ3n) is 5.79. The summed E-state index contributed by atoms with van der Waals surface area (Å²) in [5.74, 6) is 2.56. The van der Waals surface area contributed by atoms with Crippen LogP contribution in [-0.2, 0) is 6.42 Å². The van der Waals surface area contributed by atoms with Crippen molar-refractivity contribution in [2.75, 3.05) is 43.5 Å². The Labute approximate surface area is 202 Å². The molecule has 4 rings (SSSR count). The Morgan fingerprint density at radius 2 is 1.79 bits per heavy atom. The number of anilines is 2. The van der Waals surface area contributed by atoms with Gasteiger partial charge >= 0.3 is 6.03 Å². The molecule has 8 heteroatoms. The van der Waals surface area contributed by atoms with Gasteiger partial charge in [-0.3, -0.25) is 0 Å². The summed E-state index contributed by atoms with van der Waals surface area (Å²) in [5.41, 5.74) is 4.07. The first-order valence-electron chi connectivity index (χ1n) is 11.0. The predicted molar refractivity (Wildman–Crippen MR) is 134 cm³/mol. The number of rotatable bonds is 5. The zero-order valence-corrected chi connectivity index (χ0v) is 20.7. The molecule has 0 spiro atoms. The van der Waals surface area contributed by atoms with Crippen molar-refractivity contribution in [2.24, 2.45) is 0 Å². The third-order valence-corrected chi connectivity index (χ3v) is 6.28. The van der Waals surface area contributed by atoms with E-state index in [2.05, 4.69) is 43.3 Å². The highest BCUT2D eigenvalue weighted by Gasteiger charge is 2.25. The van der Waals surface area contributed by atoms with Crippen LogP contribution < -0.4 is 15.0 Å². The second-order valence-electron chi connectivity index (χ2n) is 8.10. The normalized spacial score (nSPS) is 13.7. The number of amides is 2. The van der Waals surface area contributed by atoms with E-state index >= 15 is 0 Å². The first-order valence-corrected chi connectivity index (χ1v) is 11.8. The molecule has 2 aromatic carbocycles. The standard InChI is InChI=1S/C25H28BrN5O2/c1-17-23(15-19-7-9-22(33-3)10-8-19)24(28-18(2)27-17)30-11-13-31(14-12-30)25(32)29-21-6-4-5-20(26)16-21/h4-10,16H,11-15H2,1-3H3,(H,29,32). The van der Waals surface area contributed by atoms with Crippen molar-refractivity contribution in [3.8, 4) is 5.75 Å². The van der Waals surface area contributed by atoms with Gasteiger partial charge in [-0.25, -0.2) is 14.8 Å². The lowest BCUT2D eigenvalue weighted by Gasteiger charge is -2.36. The van der Waals surface area contributed by atoms with Gasteiger partial charge in [-0.05, 0) is 49.7 Å². The molecular formula is C25H28BrN5O2. The summed E-state index contributed by atoms with van der Waals surface area (Å²) in [6.45, 7) is 6.66. The van der Waals surface area contributed by atoms with Crippen LogP contribution in [-0.4, -0.2) is 54.2 Å². The first-order chi connectivity index (χ1) is 15.9. The number of nitrogens with one attached hydrogen (secondary N) is 1. The van der Waals surface area contributed by atoms with E-state index in [9.17, 15) is 4.79 Å². The maximum Gasteiger partial charge on any atom is 0.321 e. The van der Waals surface area contributed by atoms with Crippen LogP contribution >= 0.6 is 15.9 Å². The SMILES string of the molecule is COc1ccc(Cc2c(C)nc(C)nc2N2CCN(C(=O)Nc3cccc(Br)c3)CC2)cc1. The topological polar surface area (TPSA) is 70.6 Å². The molecule has 3 aromatic rings. The number of benzene rings is 2. The van der Waals surface area contributed by atoms with Crippen LogP contribution in [0.4, 0.5) is 16.3 Å². The van der Waals surface area contributed by atoms with Crippen molar-refractivity contribution in [2.45, 2.75) is 20.3 Å². The molecule has 0 radical (unpaired) electrons. The molecule has 1 N–H and O–H groups in total. The van der Waals surface area contributed by atoms with Crippen LogP contribution in [0.15, 0.2) is 53.0 Å². The quantitative estimate of drug-likeness (QED) is 0.534. The number of hydrogen-bond donors (Lipinski definition) is 1. The van der Waals surface area contributed by atoms with Gasteiger partial charge in [0.05, 0.1) is 7.11 Å². The largest absolute Gasteiger partial charge is 0.497 e. The Kier molecular flexibility index (Phi) is 7.13. The number of urea groups is 1. The molecule has 0 bridgehead atoms. The van der Waals surface area contributed by atoms with Crippen molar-refractivity contribution in [1.82, 2.24) is 14.9 Å². The molecule has 1 aliphatic heterocycles. The highest BCUT2D eigenvalue weighted by Crippen LogP contribution is 2.26. The van der Waals surface area contributed by atoms with Gasteiger partial charge in [0.2, 0.25) is 0 Å². The molecule has 0 aliphatic carbocycles. The first kappa shape index (κ1) is 23.0. The molecule has 1 fully saturated rings. The van der Waals surface area contributed by atoms with E-state index in [1.165, 1.54) is 5.56 Å². The molecule has 33 heavy (non-hydrogen) atoms. The summed E-state index contributed by atoms with van der Waals surface area (Å²) in [4.78, 5) is 26.3. The number of hydrogen-bond acceptors (Lipinski definition) is 5. The van der Waals surface area contributed by atoms with E-state index in [4.69, 9.17) is 9.72 Å². The average Bonchev–Trinajstić information content (AvgIpc) is 2.81. The van der Waals surface area contributed by atoms with E-state index in [0.717, 1.165) is 58.3 Å². The molecule has 2 amide bonds. The van der Waals surface area contributed by atoms with Crippen LogP contribution in [0.3, 0.4) is 0 Å². The minimum atomic E-state index is -0.0822. The van der Waals surface area contributed by atoms with E-state index in [0.29, 0.717) is 13.1 Å². The van der Waals surface area contributed by atoms with Crippen LogP contribution in [0.25, 0.3) is 0 Å². The monoisotopic (exact) mass is 509 g/mol. The zero-order valence-electron chi connectivity index (χ0n) is 19.1. The van der Waals surface area contributed by atoms with E-state index in [-0.39, 0.29) is 6.03 Å². The van der Waals surface area contributed by atoms with Crippen molar-refractivity contribution in [1.29, 1.82) is 0 Å². The Morgan fingerprint density at radius 1 is 1.06 bits per heavy atom. The second-order valence-corrected chi connectivity index (χ2v) is 9.01. The summed E-state index contributed by atoms with van der Waals surface area (Å²) in [6, 6.07) is 15.6. The molecule has 7 nitrogen and oxygen atoms in total. The maximum atomic E-state index is 12.7. The molecule has 1 saturated heterocycles. The number of carbonyl (C=O) groups is 1. The fourth-order valence-corrected chi connectivity index (χ4v) is 4.42. The number of methoxy groups -OCH3 is 1. The van der Waals surface area contributed by atoms with Crippen molar-refractivity contribution in [3.05, 3.63) is 75.6 Å². The zero-order chi connectivity index (χ0) is 23.4. The van der Waals surface area contributed by atoms with E-state index in [1.807, 2.05) is 55.1 Å². The Hall–Kier alpha value is -3.13. The third kappa shape index (κ3) is 5.63. The maximum absolute atomic E-state index is 12.7. The number of halogens is 1. The predicted octanol–water partition coefficient (Wildman–Crippen LogP) is 4.81. The fraction of sp³-hybridized carbons (Fsp3) is 0.320. The number of aromatic nitrogens is 2. The lowest BCUT2D eigenvalue weighted by Crippen LogP contribution is -2.50. The van der Waals surface area contributed by atoms with Gasteiger partial charge in [0.1, 0.15) is 17.4 Å². The Bertz CT molecular complexity index is 1130. The Morgan fingerprint density at radius 3 is 2.45 bits per heavy atom. The minimum absolute atomic E-state index is 0.0822. The van der Waals surface area contributed by atoms with Gasteiger partial charge in [-0.15, -0.1) is 0 Å². The summed E-state index contributed by atoms with van der Waals surface area (Å²) in [5, 5.41) is 2.98. The summed E-state index contributed by atoms with van der Waals surface area (Å²) >= 11 is 3.44. The van der Waals surface area contributed by atoms with Crippen LogP contribution in [0.1, 0.15) is 22.6 Å². The number of aryl methyl sites for hydroxylation is 2. The summed E-state index contributed by atoms with van der Waals surface area (Å²) in [6.07, 6.45) is 0.745. The number of ether oxygens (including phenoxy) is 1. The lowest BCUT2D eigenvalue weighted by molar-refractivity contribution is 0.208. The molecular weight excluding hydrogens is 482 g/mol. The van der Waals surface area contributed by atoms with Gasteiger partial charge in [0.25, 0.3) is 0 Å². The highest BCUT2D eigenvalue weighted by molar-refractivity contribution is 9.10. The van der Waals surface area contributed by atoms with Gasteiger partial charge < -0.3 is 19.9 Å². The average molecular weight is 510 g/mol. The molecule has 0 unspecified atom stereocenters. The molecule has 0 saturated carbocycles. The lowest BCUT2D eigenvalue weighted by atomic mass is 10.0. The van der Waals surface area contributed by atoms with Crippen molar-refractivity contribution < 1.29 is 9.53 Å². The minimum Gasteiger partial charge on any atom is -0.497 e. The fourth-order valence-electron chi connectivity index (χ4n) is 4.02. The summed E-state index contributed by atoms with van der Waals surface area (Å²) < 4.78 is 6.21. The van der Waals surface area contributed by atoms with Crippen LogP contribution in [0.5, 0.6) is 5.75 Å². The van der Waals surface area contributed by atoms with Gasteiger partial charge in [-0.2, -0.15) is 0 Å². The van der Waals surface area contributed by atoms with E-state index in [1.54, 1.807) is 7.11 Å². The number of nitrogens with zero attached hydrogens (tertiary/aromatic N) is 4. The Balaban J connectivity index is 1.46. The molecule has 2 heterocycles. The van der Waals surface area contributed by atoms with Gasteiger partial charge in [-0.1, -0.05) is 34.1 Å². The van der Waals surface area contributed by atoms with Crippen molar-refractivity contribution in [3.63, 3.8) is 0 Å².